The number of allylic oxidation sites excluding steroid dienone is 2. The van der Waals surface area contributed by atoms with Crippen LogP contribution in [0.25, 0.3) is 0 Å². The van der Waals surface area contributed by atoms with E-state index in [1.165, 1.54) is 7.11 Å². The third kappa shape index (κ3) is 10.2. The van der Waals surface area contributed by atoms with Crippen LogP contribution in [0, 0.1) is 11.8 Å². The van der Waals surface area contributed by atoms with Crippen molar-refractivity contribution < 1.29 is 29.0 Å². The molecule has 2 aromatic rings. The molecule has 0 heterocycles. The fourth-order valence-electron chi connectivity index (χ4n) is 5.72. The summed E-state index contributed by atoms with van der Waals surface area (Å²) in [5.41, 5.74) is 1.09. The number of amides is 2. The summed E-state index contributed by atoms with van der Waals surface area (Å²) < 4.78 is 11.6. The lowest BCUT2D eigenvalue weighted by molar-refractivity contribution is -0.158. The van der Waals surface area contributed by atoms with E-state index in [2.05, 4.69) is 23.8 Å². The first-order valence-electron chi connectivity index (χ1n) is 15.1. The van der Waals surface area contributed by atoms with Crippen LogP contribution in [0.15, 0.2) is 86.0 Å². The van der Waals surface area contributed by atoms with E-state index >= 15 is 0 Å². The predicted octanol–water partition coefficient (Wildman–Crippen LogP) is 4.84. The quantitative estimate of drug-likeness (QED) is 0.169. The molecule has 2 amide bonds. The summed E-state index contributed by atoms with van der Waals surface area (Å²) in [5, 5.41) is 15.9. The van der Waals surface area contributed by atoms with Crippen LogP contribution < -0.4 is 10.6 Å². The van der Waals surface area contributed by atoms with Gasteiger partial charge in [0.25, 0.3) is 0 Å². The first-order valence-corrected chi connectivity index (χ1v) is 15.1. The zero-order chi connectivity index (χ0) is 31.1. The van der Waals surface area contributed by atoms with E-state index in [0.29, 0.717) is 31.2 Å². The van der Waals surface area contributed by atoms with Crippen molar-refractivity contribution in [1.82, 2.24) is 10.6 Å². The highest BCUT2D eigenvalue weighted by Gasteiger charge is 2.37. The first-order chi connectivity index (χ1) is 20.8. The van der Waals surface area contributed by atoms with Gasteiger partial charge in [-0.15, -0.1) is 13.2 Å². The number of hydrogen-bond donors (Lipinski definition) is 3. The van der Waals surface area contributed by atoms with Crippen molar-refractivity contribution >= 4 is 17.8 Å². The van der Waals surface area contributed by atoms with Gasteiger partial charge in [-0.05, 0) is 43.2 Å². The number of aliphatic hydroxyl groups excluding tert-OH is 1. The van der Waals surface area contributed by atoms with Gasteiger partial charge in [-0.3, -0.25) is 14.4 Å². The van der Waals surface area contributed by atoms with Gasteiger partial charge in [0.05, 0.1) is 36.6 Å². The SMILES string of the molecule is C=CC[C@H](CC(=O)NC1(CO)CCCC1)C(=O)N[C@@H](COC)[C@@H](OC(=O)[C@@H](CC=C)Cc1ccccc1)c1ccccc1. The fourth-order valence-corrected chi connectivity index (χ4v) is 5.72. The summed E-state index contributed by atoms with van der Waals surface area (Å²) >= 11 is 0. The van der Waals surface area contributed by atoms with E-state index < -0.39 is 35.5 Å². The maximum atomic E-state index is 13.6. The summed E-state index contributed by atoms with van der Waals surface area (Å²) in [6.45, 7) is 7.55. The molecule has 0 radical (unpaired) electrons. The zero-order valence-corrected chi connectivity index (χ0v) is 25.2. The molecule has 1 fully saturated rings. The van der Waals surface area contributed by atoms with Crippen molar-refractivity contribution in [1.29, 1.82) is 0 Å². The van der Waals surface area contributed by atoms with Crippen LogP contribution in [-0.2, 0) is 30.3 Å². The molecule has 8 heteroatoms. The molecule has 2 aromatic carbocycles. The minimum Gasteiger partial charge on any atom is -0.455 e. The average molecular weight is 591 g/mol. The number of nitrogens with one attached hydrogen (secondary N) is 2. The Kier molecular flexibility index (Phi) is 13.6. The molecule has 0 spiro atoms. The summed E-state index contributed by atoms with van der Waals surface area (Å²) in [5.74, 6) is -2.23. The molecule has 1 aliphatic rings. The number of rotatable bonds is 18. The number of ether oxygens (including phenoxy) is 2. The average Bonchev–Trinajstić information content (AvgIpc) is 3.48. The van der Waals surface area contributed by atoms with Crippen molar-refractivity contribution in [2.24, 2.45) is 11.8 Å². The topological polar surface area (TPSA) is 114 Å². The molecule has 0 aliphatic heterocycles. The van der Waals surface area contributed by atoms with Gasteiger partial charge in [-0.2, -0.15) is 0 Å². The molecule has 232 valence electrons. The molecule has 1 aliphatic carbocycles. The molecule has 0 unspecified atom stereocenters. The van der Waals surface area contributed by atoms with Crippen LogP contribution in [0.1, 0.15) is 62.2 Å². The Morgan fingerprint density at radius 3 is 2.14 bits per heavy atom. The predicted molar refractivity (Wildman–Crippen MR) is 167 cm³/mol. The van der Waals surface area contributed by atoms with E-state index in [1.54, 1.807) is 12.2 Å². The minimum absolute atomic E-state index is 0.0619. The molecule has 0 saturated heterocycles. The molecule has 8 nitrogen and oxygen atoms in total. The van der Waals surface area contributed by atoms with Crippen LogP contribution in [0.4, 0.5) is 0 Å². The molecule has 4 atom stereocenters. The highest BCUT2D eigenvalue weighted by atomic mass is 16.5. The smallest absolute Gasteiger partial charge is 0.310 e. The van der Waals surface area contributed by atoms with E-state index in [9.17, 15) is 19.5 Å². The monoisotopic (exact) mass is 590 g/mol. The number of hydrogen-bond acceptors (Lipinski definition) is 6. The molecule has 3 rings (SSSR count). The second-order valence-electron chi connectivity index (χ2n) is 11.4. The number of carbonyl (C=O) groups is 3. The Bertz CT molecular complexity index is 1180. The van der Waals surface area contributed by atoms with E-state index in [4.69, 9.17) is 9.47 Å². The highest BCUT2D eigenvalue weighted by Crippen LogP contribution is 2.30. The van der Waals surface area contributed by atoms with Crippen LogP contribution in [-0.4, -0.2) is 54.8 Å². The molecular weight excluding hydrogens is 544 g/mol. The summed E-state index contributed by atoms with van der Waals surface area (Å²) in [6, 6.07) is 18.2. The van der Waals surface area contributed by atoms with Crippen LogP contribution in [0.3, 0.4) is 0 Å². The van der Waals surface area contributed by atoms with Gasteiger partial charge in [0.15, 0.2) is 0 Å². The minimum atomic E-state index is -0.838. The van der Waals surface area contributed by atoms with E-state index in [-0.39, 0.29) is 37.9 Å². The third-order valence-electron chi connectivity index (χ3n) is 8.04. The molecule has 3 N–H and O–H groups in total. The van der Waals surface area contributed by atoms with Crippen molar-refractivity contribution in [3.63, 3.8) is 0 Å². The lowest BCUT2D eigenvalue weighted by atomic mass is 9.94. The Balaban J connectivity index is 1.80. The van der Waals surface area contributed by atoms with Crippen LogP contribution >= 0.6 is 0 Å². The van der Waals surface area contributed by atoms with E-state index in [1.807, 2.05) is 60.7 Å². The Hall–Kier alpha value is -3.75. The first kappa shape index (κ1) is 33.7. The Labute approximate surface area is 255 Å². The largest absolute Gasteiger partial charge is 0.455 e. The number of aliphatic hydroxyl groups is 1. The number of esters is 1. The lowest BCUT2D eigenvalue weighted by Crippen LogP contribution is -2.51. The van der Waals surface area contributed by atoms with Crippen LogP contribution in [0.5, 0.6) is 0 Å². The molecular formula is C35H46N2O6. The number of carbonyl (C=O) groups excluding carboxylic acids is 3. The Morgan fingerprint density at radius 2 is 1.56 bits per heavy atom. The second kappa shape index (κ2) is 17.4. The maximum Gasteiger partial charge on any atom is 0.310 e. The van der Waals surface area contributed by atoms with E-state index in [0.717, 1.165) is 18.4 Å². The molecule has 0 bridgehead atoms. The van der Waals surface area contributed by atoms with Crippen molar-refractivity contribution in [2.75, 3.05) is 20.3 Å². The maximum absolute atomic E-state index is 13.6. The molecule has 1 saturated carbocycles. The number of benzene rings is 2. The normalized spacial score (nSPS) is 16.7. The van der Waals surface area contributed by atoms with Crippen molar-refractivity contribution in [3.05, 3.63) is 97.1 Å². The van der Waals surface area contributed by atoms with Gasteiger partial charge in [0, 0.05) is 13.5 Å². The van der Waals surface area contributed by atoms with Gasteiger partial charge in [-0.1, -0.05) is 85.7 Å². The van der Waals surface area contributed by atoms with Gasteiger partial charge in [0.2, 0.25) is 11.8 Å². The second-order valence-corrected chi connectivity index (χ2v) is 11.4. The zero-order valence-electron chi connectivity index (χ0n) is 25.2. The number of methoxy groups -OCH3 is 1. The van der Waals surface area contributed by atoms with Crippen molar-refractivity contribution in [2.45, 2.75) is 69.1 Å². The fraction of sp³-hybridized carbons (Fsp3) is 0.457. The Morgan fingerprint density at radius 1 is 0.953 bits per heavy atom. The van der Waals surface area contributed by atoms with Gasteiger partial charge < -0.3 is 25.2 Å². The summed E-state index contributed by atoms with van der Waals surface area (Å²) in [7, 11) is 1.52. The third-order valence-corrected chi connectivity index (χ3v) is 8.04. The van der Waals surface area contributed by atoms with Crippen LogP contribution in [0.2, 0.25) is 0 Å². The summed E-state index contributed by atoms with van der Waals surface area (Å²) in [4.78, 5) is 40.3. The van der Waals surface area contributed by atoms with Gasteiger partial charge in [-0.25, -0.2) is 0 Å². The lowest BCUT2D eigenvalue weighted by Gasteiger charge is -2.31. The van der Waals surface area contributed by atoms with Gasteiger partial charge in [0.1, 0.15) is 6.10 Å². The standard InChI is InChI=1S/C35H46N2O6/c1-4-14-28(23-31(39)37-35(25-38)20-12-13-21-35)33(40)36-30(24-42-3)32(27-18-10-7-11-19-27)43-34(41)29(15-5-2)22-26-16-8-6-9-17-26/h4-11,16-19,28-30,32,38H,1-2,12-15,20-25H2,3H3,(H,36,40)(H,37,39)/t28-,29+,30+,32+/m1/s1. The summed E-state index contributed by atoms with van der Waals surface area (Å²) in [6.07, 6.45) is 6.92. The highest BCUT2D eigenvalue weighted by molar-refractivity contribution is 5.86. The van der Waals surface area contributed by atoms with Crippen molar-refractivity contribution in [3.8, 4) is 0 Å². The molecule has 0 aromatic heterocycles. The van der Waals surface area contributed by atoms with Gasteiger partial charge >= 0.3 is 5.97 Å². The molecule has 43 heavy (non-hydrogen) atoms.